The number of ether oxygens (including phenoxy) is 8. The minimum absolute atomic E-state index is 0.0441. The Labute approximate surface area is 254 Å². The number of ketones is 1. The van der Waals surface area contributed by atoms with Gasteiger partial charge in [0.05, 0.1) is 36.4 Å². The molecule has 238 valence electrons. The molecule has 12 nitrogen and oxygen atoms in total. The number of benzene rings is 2. The summed E-state index contributed by atoms with van der Waals surface area (Å²) in [7, 11) is 3.10. The molecule has 2 aromatic rings. The standard InChI is InChI=1S/C32H38O12/c1-14-9-17-22(23(34)21-16(24(17)37-4)7-6-8-18(21)33)25-20(14)26-28-32(38-5,43-25)30(12-40-30)11-31(42-26,44-28)13-39-19-10-29(3,36)27(35)15(2)41-19/h9,15,19,26-28,34-36H,6-8,10-13H2,1-5H3/t15?,19?,26?,27?,28?,29?,30-,31?,32+/m0/s1. The number of aliphatic hydroxyl groups is 2. The zero-order valence-electron chi connectivity index (χ0n) is 25.4. The zero-order chi connectivity index (χ0) is 31.0. The first kappa shape index (κ1) is 28.9. The summed E-state index contributed by atoms with van der Waals surface area (Å²) in [6.45, 7) is 5.45. The number of fused-ring (bicyclic) bond motifs is 7. The van der Waals surface area contributed by atoms with Crippen LogP contribution in [-0.2, 0) is 34.8 Å². The molecular weight excluding hydrogens is 576 g/mol. The number of carbonyl (C=O) groups is 1. The maximum Gasteiger partial charge on any atom is 0.271 e. The first-order valence-corrected chi connectivity index (χ1v) is 15.2. The number of Topliss-reactive ketones (excluding diaryl/α,β-unsaturated/α-hetero) is 1. The number of hydrogen-bond donors (Lipinski definition) is 3. The predicted octanol–water partition coefficient (Wildman–Crippen LogP) is 2.71. The van der Waals surface area contributed by atoms with Crippen molar-refractivity contribution < 1.29 is 58.0 Å². The number of epoxide rings is 1. The molecule has 5 heterocycles. The molecule has 4 saturated heterocycles. The smallest absolute Gasteiger partial charge is 0.271 e. The molecule has 5 aliphatic heterocycles. The van der Waals surface area contributed by atoms with Gasteiger partial charge in [-0.25, -0.2) is 0 Å². The Hall–Kier alpha value is -2.55. The summed E-state index contributed by atoms with van der Waals surface area (Å²) in [5.74, 6) is -2.09. The average molecular weight is 615 g/mol. The molecule has 3 N–H and O–H groups in total. The van der Waals surface area contributed by atoms with Gasteiger partial charge in [-0.05, 0) is 45.2 Å². The molecule has 0 saturated carbocycles. The van der Waals surface area contributed by atoms with Gasteiger partial charge in [-0.3, -0.25) is 4.79 Å². The number of aromatic hydroxyl groups is 1. The quantitative estimate of drug-likeness (QED) is 0.424. The highest BCUT2D eigenvalue weighted by molar-refractivity contribution is 6.11. The number of phenolic OH excluding ortho intramolecular Hbond substituents is 1. The lowest BCUT2D eigenvalue weighted by Gasteiger charge is -2.49. The highest BCUT2D eigenvalue weighted by Crippen LogP contribution is 2.66. The third kappa shape index (κ3) is 3.65. The molecule has 0 aromatic heterocycles. The van der Waals surface area contributed by atoms with Gasteiger partial charge in [-0.15, -0.1) is 0 Å². The zero-order valence-corrected chi connectivity index (χ0v) is 25.4. The van der Waals surface area contributed by atoms with Gasteiger partial charge in [0.15, 0.2) is 29.6 Å². The monoisotopic (exact) mass is 614 g/mol. The summed E-state index contributed by atoms with van der Waals surface area (Å²) in [6, 6.07) is 1.93. The van der Waals surface area contributed by atoms with E-state index in [2.05, 4.69) is 0 Å². The highest BCUT2D eigenvalue weighted by Gasteiger charge is 2.81. The maximum absolute atomic E-state index is 13.1. The largest absolute Gasteiger partial charge is 0.506 e. The number of rotatable bonds is 5. The second-order valence-corrected chi connectivity index (χ2v) is 13.4. The van der Waals surface area contributed by atoms with Gasteiger partial charge in [0.2, 0.25) is 0 Å². The lowest BCUT2D eigenvalue weighted by atomic mass is 9.78. The minimum Gasteiger partial charge on any atom is -0.506 e. The summed E-state index contributed by atoms with van der Waals surface area (Å²) >= 11 is 0. The number of aliphatic hydroxyl groups excluding tert-OH is 1. The van der Waals surface area contributed by atoms with Gasteiger partial charge in [0, 0.05) is 42.9 Å². The summed E-state index contributed by atoms with van der Waals surface area (Å²) < 4.78 is 50.4. The van der Waals surface area contributed by atoms with Crippen molar-refractivity contribution in [3.8, 4) is 17.2 Å². The van der Waals surface area contributed by atoms with E-state index in [4.69, 9.17) is 37.9 Å². The molecule has 1 spiro atoms. The minimum atomic E-state index is -1.42. The molecule has 4 fully saturated rings. The van der Waals surface area contributed by atoms with Gasteiger partial charge >= 0.3 is 0 Å². The van der Waals surface area contributed by atoms with E-state index in [0.29, 0.717) is 59.3 Å². The van der Waals surface area contributed by atoms with Crippen LogP contribution >= 0.6 is 0 Å². The van der Waals surface area contributed by atoms with Crippen LogP contribution in [0.1, 0.15) is 72.7 Å². The van der Waals surface area contributed by atoms with E-state index in [1.165, 1.54) is 7.11 Å². The van der Waals surface area contributed by atoms with E-state index in [1.54, 1.807) is 21.0 Å². The van der Waals surface area contributed by atoms with Crippen LogP contribution in [0.15, 0.2) is 6.07 Å². The first-order chi connectivity index (χ1) is 20.9. The van der Waals surface area contributed by atoms with Gasteiger partial charge in [0.25, 0.3) is 5.79 Å². The molecule has 2 aromatic carbocycles. The Morgan fingerprint density at radius 1 is 1.18 bits per heavy atom. The molecule has 6 aliphatic rings. The van der Waals surface area contributed by atoms with Crippen molar-refractivity contribution in [2.45, 2.75) is 106 Å². The van der Waals surface area contributed by atoms with E-state index in [9.17, 15) is 20.1 Å². The first-order valence-electron chi connectivity index (χ1n) is 15.2. The van der Waals surface area contributed by atoms with E-state index >= 15 is 0 Å². The molecule has 44 heavy (non-hydrogen) atoms. The van der Waals surface area contributed by atoms with Gasteiger partial charge < -0.3 is 53.2 Å². The van der Waals surface area contributed by atoms with Crippen molar-refractivity contribution in [3.05, 3.63) is 28.3 Å². The van der Waals surface area contributed by atoms with E-state index in [0.717, 1.165) is 5.56 Å². The normalized spacial score (nSPS) is 41.8. The lowest BCUT2D eigenvalue weighted by Crippen LogP contribution is -2.68. The molecule has 0 radical (unpaired) electrons. The Morgan fingerprint density at radius 3 is 2.64 bits per heavy atom. The molecule has 12 heteroatoms. The Morgan fingerprint density at radius 2 is 1.95 bits per heavy atom. The fourth-order valence-corrected chi connectivity index (χ4v) is 8.35. The predicted molar refractivity (Wildman–Crippen MR) is 151 cm³/mol. The van der Waals surface area contributed by atoms with E-state index < -0.39 is 53.5 Å². The third-order valence-electron chi connectivity index (χ3n) is 10.5. The molecule has 2 bridgehead atoms. The number of phenols is 1. The summed E-state index contributed by atoms with van der Waals surface area (Å²) in [4.78, 5) is 13.1. The second kappa shape index (κ2) is 9.26. The molecule has 0 amide bonds. The summed E-state index contributed by atoms with van der Waals surface area (Å²) in [5, 5.41) is 33.8. The van der Waals surface area contributed by atoms with Crippen molar-refractivity contribution in [2.24, 2.45) is 0 Å². The maximum atomic E-state index is 13.1. The van der Waals surface area contributed by atoms with Gasteiger partial charge in [-0.1, -0.05) is 0 Å². The number of aryl methyl sites for hydroxylation is 1. The Bertz CT molecular complexity index is 1580. The summed E-state index contributed by atoms with van der Waals surface area (Å²) in [6.07, 6.45) is -2.02. The molecule has 7 unspecified atom stereocenters. The van der Waals surface area contributed by atoms with Crippen molar-refractivity contribution in [3.63, 3.8) is 0 Å². The average Bonchev–Trinajstić information content (AvgIpc) is 3.65. The van der Waals surface area contributed by atoms with Gasteiger partial charge in [0.1, 0.15) is 36.1 Å². The fourth-order valence-electron chi connectivity index (χ4n) is 8.35. The van der Waals surface area contributed by atoms with E-state index in [-0.39, 0.29) is 36.5 Å². The topological polar surface area (TPSA) is 155 Å². The van der Waals surface area contributed by atoms with Crippen molar-refractivity contribution in [1.82, 2.24) is 0 Å². The van der Waals surface area contributed by atoms with Crippen molar-refractivity contribution in [2.75, 3.05) is 27.4 Å². The Kier molecular flexibility index (Phi) is 6.08. The van der Waals surface area contributed by atoms with Crippen molar-refractivity contribution in [1.29, 1.82) is 0 Å². The number of hydrogen-bond acceptors (Lipinski definition) is 12. The van der Waals surface area contributed by atoms with Crippen LogP contribution in [-0.4, -0.2) is 95.9 Å². The second-order valence-electron chi connectivity index (χ2n) is 13.4. The lowest BCUT2D eigenvalue weighted by molar-refractivity contribution is -0.346. The number of carbonyl (C=O) groups excluding carboxylic acids is 1. The molecule has 1 aliphatic carbocycles. The molecule has 9 atom stereocenters. The summed E-state index contributed by atoms with van der Waals surface area (Å²) in [5.41, 5.74) is 0.134. The van der Waals surface area contributed by atoms with Gasteiger partial charge in [-0.2, -0.15) is 0 Å². The third-order valence-corrected chi connectivity index (χ3v) is 10.5. The fraction of sp³-hybridized carbons (Fsp3) is 0.656. The Balaban J connectivity index is 1.24. The van der Waals surface area contributed by atoms with E-state index in [1.807, 2.05) is 13.0 Å². The van der Waals surface area contributed by atoms with Crippen LogP contribution in [0.25, 0.3) is 10.8 Å². The molecular formula is C32H38O12. The van der Waals surface area contributed by atoms with Crippen LogP contribution < -0.4 is 9.47 Å². The van der Waals surface area contributed by atoms with Crippen LogP contribution in [0.5, 0.6) is 17.2 Å². The number of methoxy groups -OCH3 is 2. The SMILES string of the molecule is COc1c2c(c(O)c3c4c(c(C)cc13)C1OC3(COC5CC(C)(O)C(O)C(C)O5)C[C@]5(CO5)[C@](OC)(O4)C1O3)C(=O)CCC2. The van der Waals surface area contributed by atoms with Crippen LogP contribution in [0.2, 0.25) is 0 Å². The van der Waals surface area contributed by atoms with Crippen molar-refractivity contribution >= 4 is 16.6 Å². The highest BCUT2D eigenvalue weighted by atomic mass is 16.8. The van der Waals surface area contributed by atoms with Crippen LogP contribution in [0.3, 0.4) is 0 Å². The molecule has 8 rings (SSSR count). The van der Waals surface area contributed by atoms with Crippen LogP contribution in [0.4, 0.5) is 0 Å². The van der Waals surface area contributed by atoms with Crippen LogP contribution in [0, 0.1) is 6.92 Å².